The molecule has 1 N–H and O–H groups in total. The van der Waals surface area contributed by atoms with E-state index in [-0.39, 0.29) is 0 Å². The van der Waals surface area contributed by atoms with Crippen LogP contribution >= 0.6 is 11.6 Å². The molecule has 0 saturated carbocycles. The molecule has 2 nitrogen and oxygen atoms in total. The fraction of sp³-hybridized carbons (Fsp3) is 0.412. The Kier molecular flexibility index (Phi) is 7.42. The Morgan fingerprint density at radius 3 is 2.45 bits per heavy atom. The summed E-state index contributed by atoms with van der Waals surface area (Å²) in [5.74, 6) is 0. The molecular weight excluding hydrogens is 268 g/mol. The van der Waals surface area contributed by atoms with Gasteiger partial charge in [-0.3, -0.25) is 0 Å². The highest BCUT2D eigenvalue weighted by Gasteiger charge is 2.11. The third-order valence-electron chi connectivity index (χ3n) is 3.21. The van der Waals surface area contributed by atoms with Gasteiger partial charge in [-0.2, -0.15) is 0 Å². The number of halogens is 1. The number of benzene rings is 1. The molecule has 0 amide bonds. The highest BCUT2D eigenvalue weighted by Crippen LogP contribution is 2.29. The second-order valence-corrected chi connectivity index (χ2v) is 5.28. The molecule has 0 fully saturated rings. The van der Waals surface area contributed by atoms with Crippen molar-refractivity contribution in [1.82, 2.24) is 5.32 Å². The van der Waals surface area contributed by atoms with Crippen molar-refractivity contribution in [1.29, 1.82) is 0 Å². The SMILES string of the molecule is C=CCN(CC=C)c1ccc(C(C)NCCC)cc1Cl. The highest BCUT2D eigenvalue weighted by atomic mass is 35.5. The van der Waals surface area contributed by atoms with Gasteiger partial charge in [0.25, 0.3) is 0 Å². The van der Waals surface area contributed by atoms with E-state index in [9.17, 15) is 0 Å². The second kappa shape index (κ2) is 8.83. The van der Waals surface area contributed by atoms with E-state index in [2.05, 4.69) is 49.4 Å². The predicted molar refractivity (Wildman–Crippen MR) is 90.8 cm³/mol. The summed E-state index contributed by atoms with van der Waals surface area (Å²) in [5.41, 5.74) is 2.24. The van der Waals surface area contributed by atoms with Gasteiger partial charge in [-0.25, -0.2) is 0 Å². The van der Waals surface area contributed by atoms with Gasteiger partial charge in [0.05, 0.1) is 10.7 Å². The van der Waals surface area contributed by atoms with Gasteiger partial charge in [-0.1, -0.05) is 36.7 Å². The van der Waals surface area contributed by atoms with E-state index in [1.54, 1.807) is 0 Å². The molecule has 3 heteroatoms. The summed E-state index contributed by atoms with van der Waals surface area (Å²) >= 11 is 6.44. The average Bonchev–Trinajstić information content (AvgIpc) is 2.44. The van der Waals surface area contributed by atoms with Crippen molar-refractivity contribution < 1.29 is 0 Å². The molecule has 1 unspecified atom stereocenters. The molecule has 0 aliphatic rings. The van der Waals surface area contributed by atoms with Crippen LogP contribution in [0.2, 0.25) is 5.02 Å². The van der Waals surface area contributed by atoms with E-state index in [0.717, 1.165) is 36.8 Å². The Labute approximate surface area is 128 Å². The zero-order chi connectivity index (χ0) is 15.0. The zero-order valence-corrected chi connectivity index (χ0v) is 13.3. The third kappa shape index (κ3) is 4.69. The van der Waals surface area contributed by atoms with Crippen LogP contribution in [0, 0.1) is 0 Å². The monoisotopic (exact) mass is 292 g/mol. The Morgan fingerprint density at radius 2 is 1.95 bits per heavy atom. The van der Waals surface area contributed by atoms with E-state index < -0.39 is 0 Å². The largest absolute Gasteiger partial charge is 0.363 e. The Hall–Kier alpha value is -1.25. The van der Waals surface area contributed by atoms with Crippen LogP contribution in [0.15, 0.2) is 43.5 Å². The zero-order valence-electron chi connectivity index (χ0n) is 12.5. The van der Waals surface area contributed by atoms with Crippen molar-refractivity contribution in [2.75, 3.05) is 24.5 Å². The van der Waals surface area contributed by atoms with E-state index in [0.29, 0.717) is 6.04 Å². The van der Waals surface area contributed by atoms with E-state index in [1.807, 2.05) is 18.2 Å². The van der Waals surface area contributed by atoms with Gasteiger partial charge in [-0.05, 0) is 37.6 Å². The molecule has 110 valence electrons. The topological polar surface area (TPSA) is 15.3 Å². The lowest BCUT2D eigenvalue weighted by atomic mass is 10.1. The van der Waals surface area contributed by atoms with Gasteiger partial charge < -0.3 is 10.2 Å². The van der Waals surface area contributed by atoms with Crippen molar-refractivity contribution in [3.05, 3.63) is 54.1 Å². The van der Waals surface area contributed by atoms with Gasteiger partial charge in [0.2, 0.25) is 0 Å². The number of nitrogens with one attached hydrogen (secondary N) is 1. The minimum Gasteiger partial charge on any atom is -0.363 e. The quantitative estimate of drug-likeness (QED) is 0.670. The van der Waals surface area contributed by atoms with Crippen LogP contribution in [-0.4, -0.2) is 19.6 Å². The average molecular weight is 293 g/mol. The summed E-state index contributed by atoms with van der Waals surface area (Å²) in [5, 5.41) is 4.24. The van der Waals surface area contributed by atoms with Crippen molar-refractivity contribution in [2.45, 2.75) is 26.3 Å². The molecule has 0 saturated heterocycles. The number of hydrogen-bond donors (Lipinski definition) is 1. The number of rotatable bonds is 9. The Bertz CT molecular complexity index is 433. The van der Waals surface area contributed by atoms with Crippen molar-refractivity contribution in [3.8, 4) is 0 Å². The molecule has 0 bridgehead atoms. The standard InChI is InChI=1S/C17H25ClN2/c1-5-10-19-14(4)15-8-9-17(16(18)13-15)20(11-6-2)12-7-3/h6-9,13-14,19H,2-3,5,10-12H2,1,4H3. The summed E-state index contributed by atoms with van der Waals surface area (Å²) in [6.45, 7) is 14.4. The molecular formula is C17H25ClN2. The van der Waals surface area contributed by atoms with Crippen LogP contribution in [-0.2, 0) is 0 Å². The first-order chi connectivity index (χ1) is 9.63. The highest BCUT2D eigenvalue weighted by molar-refractivity contribution is 6.33. The number of hydrogen-bond acceptors (Lipinski definition) is 2. The van der Waals surface area contributed by atoms with Gasteiger partial charge >= 0.3 is 0 Å². The minimum absolute atomic E-state index is 0.314. The first-order valence-electron chi connectivity index (χ1n) is 7.13. The van der Waals surface area contributed by atoms with Crippen LogP contribution in [0.5, 0.6) is 0 Å². The molecule has 0 aliphatic heterocycles. The third-order valence-corrected chi connectivity index (χ3v) is 3.51. The summed E-state index contributed by atoms with van der Waals surface area (Å²) in [6.07, 6.45) is 4.88. The van der Waals surface area contributed by atoms with E-state index >= 15 is 0 Å². The fourth-order valence-corrected chi connectivity index (χ4v) is 2.42. The molecule has 1 aromatic rings. The molecule has 0 radical (unpaired) electrons. The smallest absolute Gasteiger partial charge is 0.0643 e. The van der Waals surface area contributed by atoms with Crippen LogP contribution in [0.4, 0.5) is 5.69 Å². The Balaban J connectivity index is 2.90. The predicted octanol–water partition coefficient (Wildman–Crippen LogP) is 4.58. The van der Waals surface area contributed by atoms with Gasteiger partial charge in [0.15, 0.2) is 0 Å². The maximum atomic E-state index is 6.44. The van der Waals surface area contributed by atoms with E-state index in [4.69, 9.17) is 11.6 Å². The normalized spacial score (nSPS) is 11.9. The van der Waals surface area contributed by atoms with Crippen LogP contribution < -0.4 is 10.2 Å². The van der Waals surface area contributed by atoms with Crippen LogP contribution in [0.25, 0.3) is 0 Å². The molecule has 0 spiro atoms. The van der Waals surface area contributed by atoms with Crippen molar-refractivity contribution in [3.63, 3.8) is 0 Å². The molecule has 1 aromatic carbocycles. The van der Waals surface area contributed by atoms with Crippen molar-refractivity contribution in [2.24, 2.45) is 0 Å². The van der Waals surface area contributed by atoms with Crippen LogP contribution in [0.1, 0.15) is 31.9 Å². The molecule has 0 heterocycles. The molecule has 0 aliphatic carbocycles. The van der Waals surface area contributed by atoms with Crippen LogP contribution in [0.3, 0.4) is 0 Å². The summed E-state index contributed by atoms with van der Waals surface area (Å²) in [7, 11) is 0. The summed E-state index contributed by atoms with van der Waals surface area (Å²) in [6, 6.07) is 6.57. The lowest BCUT2D eigenvalue weighted by molar-refractivity contribution is 0.571. The van der Waals surface area contributed by atoms with Gasteiger partial charge in [0.1, 0.15) is 0 Å². The molecule has 1 atom stereocenters. The van der Waals surface area contributed by atoms with Gasteiger partial charge in [0, 0.05) is 19.1 Å². The maximum Gasteiger partial charge on any atom is 0.0643 e. The maximum absolute atomic E-state index is 6.44. The summed E-state index contributed by atoms with van der Waals surface area (Å²) in [4.78, 5) is 2.15. The minimum atomic E-state index is 0.314. The van der Waals surface area contributed by atoms with Crippen molar-refractivity contribution >= 4 is 17.3 Å². The fourth-order valence-electron chi connectivity index (χ4n) is 2.11. The first kappa shape index (κ1) is 16.8. The lowest BCUT2D eigenvalue weighted by Crippen LogP contribution is -2.24. The molecule has 1 rings (SSSR count). The first-order valence-corrected chi connectivity index (χ1v) is 7.51. The van der Waals surface area contributed by atoms with E-state index in [1.165, 1.54) is 5.56 Å². The lowest BCUT2D eigenvalue weighted by Gasteiger charge is -2.24. The molecule has 20 heavy (non-hydrogen) atoms. The number of nitrogens with zero attached hydrogens (tertiary/aromatic N) is 1. The molecule has 0 aromatic heterocycles. The second-order valence-electron chi connectivity index (χ2n) is 4.87. The van der Waals surface area contributed by atoms with Gasteiger partial charge in [-0.15, -0.1) is 13.2 Å². The Morgan fingerprint density at radius 1 is 1.30 bits per heavy atom. The summed E-state index contributed by atoms with van der Waals surface area (Å²) < 4.78 is 0. The number of anilines is 1.